The van der Waals surface area contributed by atoms with Crippen LogP contribution in [0.5, 0.6) is 0 Å². The Morgan fingerprint density at radius 3 is 2.71 bits per heavy atom. The first-order valence-electron chi connectivity index (χ1n) is 6.38. The molecule has 0 radical (unpaired) electrons. The molecule has 1 aliphatic heterocycles. The Hall–Kier alpha value is -0.930. The molecule has 2 rings (SSSR count). The lowest BCUT2D eigenvalue weighted by Gasteiger charge is -2.30. The minimum atomic E-state index is -0.110. The van der Waals surface area contributed by atoms with Gasteiger partial charge in [-0.1, -0.05) is 19.1 Å². The van der Waals surface area contributed by atoms with Crippen LogP contribution in [0, 0.1) is 11.7 Å². The number of nitrogens with two attached hydrogens (primary N) is 1. The molecule has 1 fully saturated rings. The van der Waals surface area contributed by atoms with Gasteiger partial charge in [0.2, 0.25) is 0 Å². The molecule has 0 spiro atoms. The smallest absolute Gasteiger partial charge is 0.127 e. The molecule has 3 heteroatoms. The summed E-state index contributed by atoms with van der Waals surface area (Å²) in [4.78, 5) is 2.33. The highest BCUT2D eigenvalue weighted by molar-refractivity contribution is 5.25. The highest BCUT2D eigenvalue weighted by Crippen LogP contribution is 2.19. The SMILES string of the molecule is CC1CCN(Cc2cc(CN)ccc2F)CC1. The van der Waals surface area contributed by atoms with E-state index in [-0.39, 0.29) is 5.82 Å². The Kier molecular flexibility index (Phi) is 4.13. The van der Waals surface area contributed by atoms with Gasteiger partial charge in [-0.25, -0.2) is 4.39 Å². The highest BCUT2D eigenvalue weighted by atomic mass is 19.1. The summed E-state index contributed by atoms with van der Waals surface area (Å²) in [6.45, 7) is 5.63. The Labute approximate surface area is 103 Å². The Bertz CT molecular complexity index is 370. The van der Waals surface area contributed by atoms with Gasteiger partial charge in [0.15, 0.2) is 0 Å². The van der Waals surface area contributed by atoms with Crippen LogP contribution in [-0.4, -0.2) is 18.0 Å². The zero-order valence-corrected chi connectivity index (χ0v) is 10.5. The van der Waals surface area contributed by atoms with Crippen LogP contribution in [-0.2, 0) is 13.1 Å². The molecule has 1 aromatic rings. The molecule has 0 aliphatic carbocycles. The zero-order valence-electron chi connectivity index (χ0n) is 10.5. The number of benzene rings is 1. The molecule has 2 N–H and O–H groups in total. The maximum absolute atomic E-state index is 13.7. The largest absolute Gasteiger partial charge is 0.326 e. The van der Waals surface area contributed by atoms with Crippen molar-refractivity contribution in [3.05, 3.63) is 35.1 Å². The maximum atomic E-state index is 13.7. The molecule has 2 nitrogen and oxygen atoms in total. The summed E-state index contributed by atoms with van der Waals surface area (Å²) < 4.78 is 13.7. The molecular formula is C14H21FN2. The van der Waals surface area contributed by atoms with E-state index in [1.165, 1.54) is 18.9 Å². The summed E-state index contributed by atoms with van der Waals surface area (Å²) in [5.74, 6) is 0.701. The lowest BCUT2D eigenvalue weighted by molar-refractivity contribution is 0.183. The predicted molar refractivity (Wildman–Crippen MR) is 68.0 cm³/mol. The predicted octanol–water partition coefficient (Wildman–Crippen LogP) is 2.52. The molecular weight excluding hydrogens is 215 g/mol. The first-order chi connectivity index (χ1) is 8.19. The minimum Gasteiger partial charge on any atom is -0.326 e. The van der Waals surface area contributed by atoms with Crippen molar-refractivity contribution >= 4 is 0 Å². The molecule has 1 saturated heterocycles. The van der Waals surface area contributed by atoms with Gasteiger partial charge in [-0.15, -0.1) is 0 Å². The van der Waals surface area contributed by atoms with Crippen molar-refractivity contribution in [2.24, 2.45) is 11.7 Å². The van der Waals surface area contributed by atoms with Gasteiger partial charge in [-0.05, 0) is 43.5 Å². The van der Waals surface area contributed by atoms with E-state index >= 15 is 0 Å². The lowest BCUT2D eigenvalue weighted by Crippen LogP contribution is -2.32. The molecule has 1 aliphatic rings. The molecule has 0 saturated carbocycles. The molecule has 0 amide bonds. The van der Waals surface area contributed by atoms with Crippen molar-refractivity contribution in [1.29, 1.82) is 0 Å². The molecule has 1 aromatic carbocycles. The quantitative estimate of drug-likeness (QED) is 0.873. The van der Waals surface area contributed by atoms with Gasteiger partial charge in [0.1, 0.15) is 5.82 Å². The second kappa shape index (κ2) is 5.61. The molecule has 17 heavy (non-hydrogen) atoms. The van der Waals surface area contributed by atoms with E-state index in [2.05, 4.69) is 11.8 Å². The molecule has 0 atom stereocenters. The van der Waals surface area contributed by atoms with Gasteiger partial charge in [0, 0.05) is 18.7 Å². The van der Waals surface area contributed by atoms with Crippen molar-refractivity contribution in [2.75, 3.05) is 13.1 Å². The number of hydrogen-bond donors (Lipinski definition) is 1. The van der Waals surface area contributed by atoms with Crippen LogP contribution >= 0.6 is 0 Å². The summed E-state index contributed by atoms with van der Waals surface area (Å²) in [6, 6.07) is 5.19. The van der Waals surface area contributed by atoms with Crippen molar-refractivity contribution < 1.29 is 4.39 Å². The fraction of sp³-hybridized carbons (Fsp3) is 0.571. The average Bonchev–Trinajstić information content (AvgIpc) is 2.35. The van der Waals surface area contributed by atoms with Crippen molar-refractivity contribution in [3.63, 3.8) is 0 Å². The summed E-state index contributed by atoms with van der Waals surface area (Å²) >= 11 is 0. The first kappa shape index (κ1) is 12.5. The topological polar surface area (TPSA) is 29.3 Å². The van der Waals surface area contributed by atoms with E-state index in [4.69, 9.17) is 5.73 Å². The van der Waals surface area contributed by atoms with Crippen molar-refractivity contribution in [2.45, 2.75) is 32.9 Å². The maximum Gasteiger partial charge on any atom is 0.127 e. The third-order valence-corrected chi connectivity index (χ3v) is 3.62. The fourth-order valence-electron chi connectivity index (χ4n) is 2.34. The van der Waals surface area contributed by atoms with E-state index in [0.717, 1.165) is 30.1 Å². The normalized spacial score (nSPS) is 18.5. The van der Waals surface area contributed by atoms with Crippen molar-refractivity contribution in [1.82, 2.24) is 4.90 Å². The van der Waals surface area contributed by atoms with Gasteiger partial charge < -0.3 is 5.73 Å². The number of hydrogen-bond acceptors (Lipinski definition) is 2. The minimum absolute atomic E-state index is 0.110. The molecule has 0 aromatic heterocycles. The lowest BCUT2D eigenvalue weighted by atomic mass is 9.98. The second-order valence-corrected chi connectivity index (χ2v) is 5.09. The average molecular weight is 236 g/mol. The second-order valence-electron chi connectivity index (χ2n) is 5.09. The van der Waals surface area contributed by atoms with Gasteiger partial charge >= 0.3 is 0 Å². The molecule has 0 unspecified atom stereocenters. The third-order valence-electron chi connectivity index (χ3n) is 3.62. The molecule has 1 heterocycles. The highest BCUT2D eigenvalue weighted by Gasteiger charge is 2.16. The van der Waals surface area contributed by atoms with Crippen LogP contribution in [0.3, 0.4) is 0 Å². The summed E-state index contributed by atoms with van der Waals surface area (Å²) in [6.07, 6.45) is 2.44. The number of halogens is 1. The fourth-order valence-corrected chi connectivity index (χ4v) is 2.34. The van der Waals surface area contributed by atoms with E-state index in [0.29, 0.717) is 13.1 Å². The number of piperidine rings is 1. The van der Waals surface area contributed by atoms with E-state index in [1.54, 1.807) is 6.07 Å². The van der Waals surface area contributed by atoms with Gasteiger partial charge in [-0.2, -0.15) is 0 Å². The third kappa shape index (κ3) is 3.27. The van der Waals surface area contributed by atoms with Gasteiger partial charge in [0.25, 0.3) is 0 Å². The van der Waals surface area contributed by atoms with Crippen LogP contribution in [0.1, 0.15) is 30.9 Å². The van der Waals surface area contributed by atoms with Crippen LogP contribution in [0.2, 0.25) is 0 Å². The Balaban J connectivity index is 2.02. The van der Waals surface area contributed by atoms with Gasteiger partial charge in [0.05, 0.1) is 0 Å². The summed E-state index contributed by atoms with van der Waals surface area (Å²) in [5, 5.41) is 0. The Morgan fingerprint density at radius 2 is 2.06 bits per heavy atom. The van der Waals surface area contributed by atoms with Crippen LogP contribution in [0.15, 0.2) is 18.2 Å². The number of likely N-dealkylation sites (tertiary alicyclic amines) is 1. The monoisotopic (exact) mass is 236 g/mol. The summed E-state index contributed by atoms with van der Waals surface area (Å²) in [7, 11) is 0. The molecule has 0 bridgehead atoms. The van der Waals surface area contributed by atoms with E-state index in [9.17, 15) is 4.39 Å². The summed E-state index contributed by atoms with van der Waals surface area (Å²) in [5.41, 5.74) is 7.37. The number of nitrogens with zero attached hydrogens (tertiary/aromatic N) is 1. The van der Waals surface area contributed by atoms with Crippen LogP contribution < -0.4 is 5.73 Å². The molecule has 94 valence electrons. The zero-order chi connectivity index (χ0) is 12.3. The first-order valence-corrected chi connectivity index (χ1v) is 6.38. The number of rotatable bonds is 3. The van der Waals surface area contributed by atoms with Gasteiger partial charge in [-0.3, -0.25) is 4.90 Å². The van der Waals surface area contributed by atoms with E-state index < -0.39 is 0 Å². The van der Waals surface area contributed by atoms with Crippen LogP contribution in [0.25, 0.3) is 0 Å². The van der Waals surface area contributed by atoms with Crippen LogP contribution in [0.4, 0.5) is 4.39 Å². The Morgan fingerprint density at radius 1 is 1.35 bits per heavy atom. The standard InChI is InChI=1S/C14H21FN2/c1-11-4-6-17(7-5-11)10-13-8-12(9-16)2-3-14(13)15/h2-3,8,11H,4-7,9-10,16H2,1H3. The van der Waals surface area contributed by atoms with E-state index in [1.807, 2.05) is 6.07 Å². The van der Waals surface area contributed by atoms with Crippen molar-refractivity contribution in [3.8, 4) is 0 Å².